The molecular weight excluding hydrogens is 599 g/mol. The summed E-state index contributed by atoms with van der Waals surface area (Å²) < 4.78 is 8.84. The lowest BCUT2D eigenvalue weighted by Gasteiger charge is -2.35. The molecule has 4 heteroatoms. The number of nitrogens with zero attached hydrogens (tertiary/aromatic N) is 3. The van der Waals surface area contributed by atoms with Crippen molar-refractivity contribution in [3.8, 4) is 50.6 Å². The summed E-state index contributed by atoms with van der Waals surface area (Å²) in [6.45, 7) is 12.2. The molecule has 0 fully saturated rings. The number of pyridine rings is 1. The van der Waals surface area contributed by atoms with Gasteiger partial charge in [0.1, 0.15) is 11.5 Å². The second-order valence-electron chi connectivity index (χ2n) is 13.2. The summed E-state index contributed by atoms with van der Waals surface area (Å²) in [5, 5.41) is 2.20. The van der Waals surface area contributed by atoms with Crippen molar-refractivity contribution in [3.63, 3.8) is 0 Å². The number of para-hydroxylation sites is 1. The van der Waals surface area contributed by atoms with Crippen molar-refractivity contribution >= 4 is 27.5 Å². The fourth-order valence-corrected chi connectivity index (χ4v) is 7.36. The molecule has 2 aromatic heterocycles. The van der Waals surface area contributed by atoms with E-state index < -0.39 is 0 Å². The highest BCUT2D eigenvalue weighted by Crippen LogP contribution is 2.50. The molecule has 0 saturated carbocycles. The predicted octanol–water partition coefficient (Wildman–Crippen LogP) is 12.2. The molecule has 1 aliphatic rings. The van der Waals surface area contributed by atoms with Crippen molar-refractivity contribution in [1.82, 2.24) is 9.55 Å². The molecule has 1 aliphatic heterocycles. The third kappa shape index (κ3) is 4.71. The first-order valence-electron chi connectivity index (χ1n) is 16.5. The Labute approximate surface area is 285 Å². The smallest absolute Gasteiger partial charge is 0.188 e. The molecule has 0 unspecified atom stereocenters. The van der Waals surface area contributed by atoms with E-state index in [0.717, 1.165) is 83.5 Å². The van der Waals surface area contributed by atoms with Crippen LogP contribution in [-0.4, -0.2) is 9.55 Å². The van der Waals surface area contributed by atoms with Crippen LogP contribution in [0.3, 0.4) is 0 Å². The van der Waals surface area contributed by atoms with Gasteiger partial charge in [0.2, 0.25) is 0 Å². The first-order valence-corrected chi connectivity index (χ1v) is 16.5. The van der Waals surface area contributed by atoms with E-state index in [2.05, 4.69) is 144 Å². The summed E-state index contributed by atoms with van der Waals surface area (Å²) in [4.78, 5) is 8.05. The van der Waals surface area contributed by atoms with Gasteiger partial charge in [-0.3, -0.25) is 4.98 Å². The number of hydrogen-bond acceptors (Lipinski definition) is 2. The molecule has 4 nitrogen and oxygen atoms in total. The van der Waals surface area contributed by atoms with Crippen molar-refractivity contribution in [2.75, 3.05) is 0 Å². The minimum Gasteiger partial charge on any atom is -0.457 e. The predicted molar refractivity (Wildman–Crippen MR) is 200 cm³/mol. The molecule has 0 radical (unpaired) electrons. The molecule has 0 N–H and O–H groups in total. The largest absolute Gasteiger partial charge is 0.457 e. The maximum Gasteiger partial charge on any atom is 0.188 e. The summed E-state index contributed by atoms with van der Waals surface area (Å²) in [6.07, 6.45) is 3.71. The molecule has 0 atom stereocenters. The zero-order valence-corrected chi connectivity index (χ0v) is 27.2. The summed E-state index contributed by atoms with van der Waals surface area (Å²) in [5.74, 6) is 1.78. The molecule has 0 saturated heterocycles. The van der Waals surface area contributed by atoms with E-state index in [1.54, 1.807) is 6.20 Å². The molecule has 0 bridgehead atoms. The zero-order valence-electron chi connectivity index (χ0n) is 27.2. The topological polar surface area (TPSA) is 31.4 Å². The van der Waals surface area contributed by atoms with Gasteiger partial charge in [-0.2, -0.15) is 0 Å². The number of aromatic nitrogens is 2. The molecule has 49 heavy (non-hydrogen) atoms. The number of ether oxygens (including phenoxy) is 1. The molecule has 232 valence electrons. The lowest BCUT2D eigenvalue weighted by molar-refractivity contribution is 0.418. The van der Waals surface area contributed by atoms with E-state index in [1.807, 2.05) is 30.5 Å². The van der Waals surface area contributed by atoms with Crippen LogP contribution in [-0.2, 0) is 5.41 Å². The van der Waals surface area contributed by atoms with Crippen molar-refractivity contribution in [2.24, 2.45) is 0 Å². The van der Waals surface area contributed by atoms with Crippen LogP contribution in [0.4, 0.5) is 5.69 Å². The quantitative estimate of drug-likeness (QED) is 0.181. The summed E-state index contributed by atoms with van der Waals surface area (Å²) in [7, 11) is 0. The number of rotatable bonds is 4. The van der Waals surface area contributed by atoms with Gasteiger partial charge in [-0.15, -0.1) is 0 Å². The van der Waals surface area contributed by atoms with Crippen LogP contribution in [0, 0.1) is 6.57 Å². The SMILES string of the molecule is [C-]#[N+]c1ccc2c(c1)c1cc(-c3ccc4c(c3)C(C)(C)c3cc(-c5cccc(-c6cccnc6)c5)ccc3O4)ccc1n2-c1ccccc1. The van der Waals surface area contributed by atoms with E-state index in [0.29, 0.717) is 5.69 Å². The van der Waals surface area contributed by atoms with E-state index in [4.69, 9.17) is 11.3 Å². The van der Waals surface area contributed by atoms with Gasteiger partial charge >= 0.3 is 0 Å². The van der Waals surface area contributed by atoms with Crippen LogP contribution in [0.5, 0.6) is 11.5 Å². The van der Waals surface area contributed by atoms with Crippen molar-refractivity contribution in [1.29, 1.82) is 0 Å². The van der Waals surface area contributed by atoms with Crippen LogP contribution >= 0.6 is 0 Å². The van der Waals surface area contributed by atoms with Crippen molar-refractivity contribution in [2.45, 2.75) is 19.3 Å². The molecule has 0 spiro atoms. The molecule has 0 amide bonds. The van der Waals surface area contributed by atoms with Gasteiger partial charge in [-0.25, -0.2) is 4.85 Å². The first kappa shape index (κ1) is 28.8. The summed E-state index contributed by atoms with van der Waals surface area (Å²) >= 11 is 0. The molecule has 0 aliphatic carbocycles. The van der Waals surface area contributed by atoms with Gasteiger partial charge in [-0.05, 0) is 106 Å². The number of benzene rings is 6. The van der Waals surface area contributed by atoms with Crippen LogP contribution in [0.25, 0.3) is 65.7 Å². The highest BCUT2D eigenvalue weighted by Gasteiger charge is 2.35. The first-order chi connectivity index (χ1) is 24.0. The minimum absolute atomic E-state index is 0.298. The fourth-order valence-electron chi connectivity index (χ4n) is 7.36. The number of fused-ring (bicyclic) bond motifs is 5. The van der Waals surface area contributed by atoms with E-state index in [-0.39, 0.29) is 5.41 Å². The Balaban J connectivity index is 1.13. The third-order valence-electron chi connectivity index (χ3n) is 9.94. The van der Waals surface area contributed by atoms with Crippen LogP contribution in [0.15, 0.2) is 152 Å². The Morgan fingerprint density at radius 3 is 1.84 bits per heavy atom. The summed E-state index contributed by atoms with van der Waals surface area (Å²) in [6, 6.07) is 48.9. The minimum atomic E-state index is -0.298. The standard InChI is InChI=1S/C45H31N3O/c1-45(2)39-25-32(29-9-7-10-30(23-29)34-11-8-22-47-28-34)15-20-43(39)49-44-21-16-33(26-40(44)45)31-14-18-41-37(24-31)38-27-35(46-3)17-19-42(38)48(41)36-12-5-4-6-13-36/h4-28H,1-2H3. The highest BCUT2D eigenvalue weighted by atomic mass is 16.5. The Kier molecular flexibility index (Phi) is 6.50. The normalized spacial score (nSPS) is 13.0. The Bertz CT molecular complexity index is 2610. The Hall–Kier alpha value is -6.44. The van der Waals surface area contributed by atoms with Gasteiger partial charge in [0.15, 0.2) is 5.69 Å². The van der Waals surface area contributed by atoms with E-state index >= 15 is 0 Å². The second kappa shape index (κ2) is 11.1. The Morgan fingerprint density at radius 1 is 0.571 bits per heavy atom. The third-order valence-corrected chi connectivity index (χ3v) is 9.94. The monoisotopic (exact) mass is 629 g/mol. The maximum atomic E-state index is 7.66. The van der Waals surface area contributed by atoms with E-state index in [1.165, 1.54) is 0 Å². The van der Waals surface area contributed by atoms with Crippen LogP contribution in [0.2, 0.25) is 0 Å². The van der Waals surface area contributed by atoms with Gasteiger partial charge < -0.3 is 9.30 Å². The molecule has 8 aromatic rings. The average molecular weight is 630 g/mol. The molecule has 9 rings (SSSR count). The van der Waals surface area contributed by atoms with Gasteiger partial charge in [0, 0.05) is 45.6 Å². The van der Waals surface area contributed by atoms with Gasteiger partial charge in [0.25, 0.3) is 0 Å². The number of hydrogen-bond donors (Lipinski definition) is 0. The highest BCUT2D eigenvalue weighted by molar-refractivity contribution is 6.11. The molecular formula is C45H31N3O. The average Bonchev–Trinajstić information content (AvgIpc) is 3.48. The molecule has 3 heterocycles. The second-order valence-corrected chi connectivity index (χ2v) is 13.2. The fraction of sp³-hybridized carbons (Fsp3) is 0.0667. The van der Waals surface area contributed by atoms with Crippen molar-refractivity contribution < 1.29 is 4.74 Å². The lowest BCUT2D eigenvalue weighted by atomic mass is 9.74. The zero-order chi connectivity index (χ0) is 33.1. The van der Waals surface area contributed by atoms with E-state index in [9.17, 15) is 0 Å². The molecule has 6 aromatic carbocycles. The Morgan fingerprint density at radius 2 is 1.16 bits per heavy atom. The summed E-state index contributed by atoms with van der Waals surface area (Å²) in [5.41, 5.74) is 12.8. The van der Waals surface area contributed by atoms with Gasteiger partial charge in [0.05, 0.1) is 17.6 Å². The van der Waals surface area contributed by atoms with Crippen molar-refractivity contribution in [3.05, 3.63) is 174 Å². The maximum absolute atomic E-state index is 7.66. The van der Waals surface area contributed by atoms with Gasteiger partial charge in [-0.1, -0.05) is 80.6 Å². The van der Waals surface area contributed by atoms with Crippen LogP contribution < -0.4 is 4.74 Å². The lowest BCUT2D eigenvalue weighted by Crippen LogP contribution is -2.24. The van der Waals surface area contributed by atoms with Crippen LogP contribution in [0.1, 0.15) is 25.0 Å².